The third-order valence-electron chi connectivity index (χ3n) is 11.1. The van der Waals surface area contributed by atoms with E-state index < -0.39 is 21.4 Å². The first-order chi connectivity index (χ1) is 18.4. The Balaban J connectivity index is 1.55. The third kappa shape index (κ3) is 5.08. The molecule has 1 aromatic rings. The molecule has 1 amide bonds. The number of hydrogen-bond acceptors (Lipinski definition) is 4. The topological polar surface area (TPSA) is 105 Å². The fourth-order valence-corrected chi connectivity index (χ4v) is 10.4. The molecule has 1 aromatic carbocycles. The van der Waals surface area contributed by atoms with E-state index in [4.69, 9.17) is 5.73 Å². The Morgan fingerprint density at radius 1 is 1.23 bits per heavy atom. The molecule has 1 spiro atoms. The van der Waals surface area contributed by atoms with Crippen LogP contribution in [0.15, 0.2) is 41.5 Å². The summed E-state index contributed by atoms with van der Waals surface area (Å²) in [6.07, 6.45) is 7.03. The second-order valence-electron chi connectivity index (χ2n) is 12.8. The number of nitrogens with zero attached hydrogens (tertiary/aromatic N) is 2. The first-order valence-corrected chi connectivity index (χ1v) is 16.3. The maximum Gasteiger partial charge on any atom is 0.229 e. The fraction of sp³-hybridized carbons (Fsp3) is 0.677. The van der Waals surface area contributed by atoms with Crippen LogP contribution in [0.5, 0.6) is 0 Å². The number of fused-ring (bicyclic) bond motifs is 2. The van der Waals surface area contributed by atoms with Crippen molar-refractivity contribution in [3.05, 3.63) is 47.7 Å². The standard InChI is InChI=1S/C31H48N4O3S/c1-7-25(23(4)33-21-32)28(36)34-27-19-22(3)29(5,6)31(27,8-2)20-39(37,38)35-17-15-30(16-18-35)14-13-24-11-9-10-12-26(24)30/h9-12,21-22,25,27H,4,7-8,13-20H2,1-3,5-6H3,(H2,32,33)(H,34,36). The van der Waals surface area contributed by atoms with Gasteiger partial charge in [0.1, 0.15) is 0 Å². The van der Waals surface area contributed by atoms with E-state index in [1.807, 2.05) is 6.92 Å². The van der Waals surface area contributed by atoms with E-state index in [2.05, 4.69) is 68.8 Å². The number of amides is 1. The van der Waals surface area contributed by atoms with E-state index in [0.29, 0.717) is 31.6 Å². The smallest absolute Gasteiger partial charge is 0.229 e. The predicted molar refractivity (Wildman–Crippen MR) is 159 cm³/mol. The van der Waals surface area contributed by atoms with E-state index in [0.717, 1.165) is 38.4 Å². The largest absolute Gasteiger partial charge is 0.390 e. The molecular formula is C31H48N4O3S. The molecule has 216 valence electrons. The maximum atomic E-state index is 14.1. The Morgan fingerprint density at radius 3 is 2.51 bits per heavy atom. The second kappa shape index (κ2) is 11.0. The summed E-state index contributed by atoms with van der Waals surface area (Å²) in [4.78, 5) is 17.5. The average molecular weight is 557 g/mol. The van der Waals surface area contributed by atoms with Crippen LogP contribution in [-0.4, -0.2) is 49.9 Å². The van der Waals surface area contributed by atoms with Gasteiger partial charge in [-0.05, 0) is 72.8 Å². The van der Waals surface area contributed by atoms with Crippen LogP contribution >= 0.6 is 0 Å². The first-order valence-electron chi connectivity index (χ1n) is 14.7. The molecule has 1 aliphatic heterocycles. The van der Waals surface area contributed by atoms with Gasteiger partial charge < -0.3 is 11.1 Å². The van der Waals surface area contributed by atoms with Gasteiger partial charge in [-0.1, -0.05) is 65.5 Å². The molecule has 0 radical (unpaired) electrons. The lowest BCUT2D eigenvalue weighted by atomic mass is 9.63. The van der Waals surface area contributed by atoms with E-state index in [1.165, 1.54) is 11.1 Å². The van der Waals surface area contributed by atoms with Gasteiger partial charge in [0.25, 0.3) is 0 Å². The maximum absolute atomic E-state index is 14.1. The molecule has 0 aromatic heterocycles. The molecule has 3 N–H and O–H groups in total. The van der Waals surface area contributed by atoms with Gasteiger partial charge in [-0.3, -0.25) is 4.79 Å². The summed E-state index contributed by atoms with van der Waals surface area (Å²) in [5.41, 5.74) is 7.96. The van der Waals surface area contributed by atoms with Gasteiger partial charge in [0, 0.05) is 30.2 Å². The Bertz CT molecular complexity index is 1220. The van der Waals surface area contributed by atoms with Crippen LogP contribution < -0.4 is 11.1 Å². The lowest BCUT2D eigenvalue weighted by molar-refractivity contribution is -0.125. The number of sulfonamides is 1. The van der Waals surface area contributed by atoms with Gasteiger partial charge in [-0.25, -0.2) is 17.7 Å². The van der Waals surface area contributed by atoms with Crippen molar-refractivity contribution in [3.63, 3.8) is 0 Å². The molecule has 1 saturated heterocycles. The number of carbonyl (C=O) groups excluding carboxylic acids is 1. The van der Waals surface area contributed by atoms with Crippen molar-refractivity contribution in [2.45, 2.75) is 91.0 Å². The molecule has 1 heterocycles. The number of nitrogens with one attached hydrogen (secondary N) is 1. The molecule has 3 aliphatic rings. The van der Waals surface area contributed by atoms with Crippen molar-refractivity contribution in [3.8, 4) is 0 Å². The Morgan fingerprint density at radius 2 is 1.90 bits per heavy atom. The molecule has 2 aliphatic carbocycles. The highest BCUT2D eigenvalue weighted by atomic mass is 32.2. The van der Waals surface area contributed by atoms with E-state index >= 15 is 0 Å². The number of hydrogen-bond donors (Lipinski definition) is 2. The lowest BCUT2D eigenvalue weighted by Crippen LogP contribution is -2.56. The highest BCUT2D eigenvalue weighted by molar-refractivity contribution is 7.89. The van der Waals surface area contributed by atoms with Crippen LogP contribution in [0.4, 0.5) is 0 Å². The average Bonchev–Trinajstić information content (AvgIpc) is 3.33. The Kier molecular flexibility index (Phi) is 8.40. The number of benzene rings is 1. The summed E-state index contributed by atoms with van der Waals surface area (Å²) in [6, 6.07) is 8.42. The fourth-order valence-electron chi connectivity index (χ4n) is 8.02. The summed E-state index contributed by atoms with van der Waals surface area (Å²) >= 11 is 0. The van der Waals surface area contributed by atoms with Gasteiger partial charge >= 0.3 is 0 Å². The van der Waals surface area contributed by atoms with Crippen LogP contribution in [0.25, 0.3) is 0 Å². The quantitative estimate of drug-likeness (QED) is 0.338. The van der Waals surface area contributed by atoms with Crippen LogP contribution in [0, 0.1) is 22.7 Å². The predicted octanol–water partition coefficient (Wildman–Crippen LogP) is 4.77. The monoisotopic (exact) mass is 556 g/mol. The van der Waals surface area contributed by atoms with E-state index in [-0.39, 0.29) is 34.4 Å². The van der Waals surface area contributed by atoms with Crippen molar-refractivity contribution in [1.82, 2.24) is 9.62 Å². The van der Waals surface area contributed by atoms with Crippen molar-refractivity contribution in [2.75, 3.05) is 18.8 Å². The number of aliphatic imine (C=N–C) groups is 1. The number of aryl methyl sites for hydroxylation is 1. The Labute approximate surface area is 235 Å². The molecule has 8 heteroatoms. The highest BCUT2D eigenvalue weighted by Crippen LogP contribution is 2.59. The van der Waals surface area contributed by atoms with Gasteiger partial charge in [0.15, 0.2) is 0 Å². The van der Waals surface area contributed by atoms with Crippen molar-refractivity contribution < 1.29 is 13.2 Å². The molecule has 4 atom stereocenters. The highest BCUT2D eigenvalue weighted by Gasteiger charge is 2.60. The molecule has 4 rings (SSSR count). The van der Waals surface area contributed by atoms with Gasteiger partial charge in [0.05, 0.1) is 18.0 Å². The molecule has 39 heavy (non-hydrogen) atoms. The number of carbonyl (C=O) groups is 1. The number of nitrogens with two attached hydrogens (primary N) is 1. The molecule has 2 fully saturated rings. The molecule has 4 unspecified atom stereocenters. The first kappa shape index (κ1) is 29.8. The van der Waals surface area contributed by atoms with Crippen LogP contribution in [0.1, 0.15) is 84.3 Å². The van der Waals surface area contributed by atoms with Gasteiger partial charge in [-0.15, -0.1) is 0 Å². The minimum atomic E-state index is -3.55. The van der Waals surface area contributed by atoms with Crippen LogP contribution in [-0.2, 0) is 26.7 Å². The third-order valence-corrected chi connectivity index (χ3v) is 13.1. The minimum Gasteiger partial charge on any atom is -0.390 e. The number of piperidine rings is 1. The summed E-state index contributed by atoms with van der Waals surface area (Å²) in [5, 5.41) is 3.28. The van der Waals surface area contributed by atoms with E-state index in [9.17, 15) is 13.2 Å². The van der Waals surface area contributed by atoms with Crippen LogP contribution in [0.2, 0.25) is 0 Å². The zero-order valence-corrected chi connectivity index (χ0v) is 25.3. The lowest BCUT2D eigenvalue weighted by Gasteiger charge is -2.48. The summed E-state index contributed by atoms with van der Waals surface area (Å²) in [7, 11) is -3.55. The summed E-state index contributed by atoms with van der Waals surface area (Å²) < 4.78 is 30.0. The van der Waals surface area contributed by atoms with Crippen molar-refractivity contribution in [1.29, 1.82) is 0 Å². The normalized spacial score (nSPS) is 28.9. The second-order valence-corrected chi connectivity index (χ2v) is 14.7. The van der Waals surface area contributed by atoms with Crippen LogP contribution in [0.3, 0.4) is 0 Å². The SMILES string of the molecule is C=C(N=CN)C(CC)C(=O)NC1CC(C)C(C)(C)C1(CC)CS(=O)(=O)N1CCC2(CCc3ccccc32)CC1. The Hall–Kier alpha value is -2.19. The summed E-state index contributed by atoms with van der Waals surface area (Å²) in [5.74, 6) is -0.357. The minimum absolute atomic E-state index is 0.0427. The van der Waals surface area contributed by atoms with Gasteiger partial charge in [-0.2, -0.15) is 0 Å². The zero-order valence-electron chi connectivity index (χ0n) is 24.5. The van der Waals surface area contributed by atoms with Gasteiger partial charge in [0.2, 0.25) is 15.9 Å². The zero-order chi connectivity index (χ0) is 28.6. The molecule has 7 nitrogen and oxygen atoms in total. The molecule has 1 saturated carbocycles. The molecule has 0 bridgehead atoms. The van der Waals surface area contributed by atoms with E-state index in [1.54, 1.807) is 4.31 Å². The summed E-state index contributed by atoms with van der Waals surface area (Å²) in [6.45, 7) is 15.6. The molecular weight excluding hydrogens is 508 g/mol. The number of rotatable bonds is 9. The van der Waals surface area contributed by atoms with Crippen molar-refractivity contribution >= 4 is 22.3 Å². The van der Waals surface area contributed by atoms with Crippen molar-refractivity contribution in [2.24, 2.45) is 33.4 Å².